The highest BCUT2D eigenvalue weighted by molar-refractivity contribution is 5.32. The number of nitrogens with zero attached hydrogens (tertiary/aromatic N) is 2. The average Bonchev–Trinajstić information content (AvgIpc) is 2.89. The van der Waals surface area contributed by atoms with Crippen LogP contribution in [-0.4, -0.2) is 22.7 Å². The van der Waals surface area contributed by atoms with Crippen molar-refractivity contribution >= 4 is 0 Å². The first kappa shape index (κ1) is 14.7. The van der Waals surface area contributed by atoms with Gasteiger partial charge in [-0.2, -0.15) is 5.26 Å². The lowest BCUT2D eigenvalue weighted by Gasteiger charge is -2.24. The van der Waals surface area contributed by atoms with E-state index in [2.05, 4.69) is 11.0 Å². The Morgan fingerprint density at radius 2 is 2.00 bits per heavy atom. The molecule has 1 fully saturated rings. The molecule has 4 heteroatoms. The number of hydrogen-bond donors (Lipinski definition) is 1. The Kier molecular flexibility index (Phi) is 4.19. The fraction of sp³-hybridized carbons (Fsp3) is 0.278. The molecule has 0 saturated carbocycles. The zero-order valence-electron chi connectivity index (χ0n) is 12.1. The lowest BCUT2D eigenvalue weighted by Crippen LogP contribution is -2.24. The summed E-state index contributed by atoms with van der Waals surface area (Å²) in [6, 6.07) is 16.1. The molecular weight excluding hydrogens is 279 g/mol. The molecular formula is C18H17FN2O. The first-order valence-corrected chi connectivity index (χ1v) is 7.32. The Hall–Kier alpha value is -2.22. The van der Waals surface area contributed by atoms with Crippen molar-refractivity contribution in [3.63, 3.8) is 0 Å². The summed E-state index contributed by atoms with van der Waals surface area (Å²) in [6.45, 7) is 1.24. The summed E-state index contributed by atoms with van der Waals surface area (Å²) in [7, 11) is 0. The second-order valence-electron chi connectivity index (χ2n) is 5.70. The molecule has 3 rings (SSSR count). The molecule has 0 spiro atoms. The van der Waals surface area contributed by atoms with Crippen LogP contribution in [0.1, 0.15) is 29.2 Å². The molecule has 3 nitrogen and oxygen atoms in total. The van der Waals surface area contributed by atoms with Crippen LogP contribution in [0.25, 0.3) is 0 Å². The lowest BCUT2D eigenvalue weighted by molar-refractivity contribution is 0.172. The van der Waals surface area contributed by atoms with Crippen LogP contribution in [0.5, 0.6) is 0 Å². The van der Waals surface area contributed by atoms with Crippen LogP contribution < -0.4 is 0 Å². The van der Waals surface area contributed by atoms with Gasteiger partial charge in [0.2, 0.25) is 0 Å². The smallest absolute Gasteiger partial charge is 0.123 e. The number of aliphatic hydroxyl groups excluding tert-OH is 1. The van der Waals surface area contributed by atoms with Crippen LogP contribution >= 0.6 is 0 Å². The average molecular weight is 296 g/mol. The largest absolute Gasteiger partial charge is 0.392 e. The normalized spacial score (nSPS) is 21.7. The summed E-state index contributed by atoms with van der Waals surface area (Å²) in [5.41, 5.74) is 2.60. The molecule has 2 atom stereocenters. The van der Waals surface area contributed by atoms with E-state index in [4.69, 9.17) is 5.26 Å². The van der Waals surface area contributed by atoms with Gasteiger partial charge in [0.1, 0.15) is 5.82 Å². The number of benzene rings is 2. The van der Waals surface area contributed by atoms with Gasteiger partial charge in [0.05, 0.1) is 17.7 Å². The van der Waals surface area contributed by atoms with E-state index < -0.39 is 6.10 Å². The Balaban J connectivity index is 1.80. The number of rotatable bonds is 3. The topological polar surface area (TPSA) is 47.3 Å². The maximum Gasteiger partial charge on any atom is 0.123 e. The van der Waals surface area contributed by atoms with Crippen molar-refractivity contribution in [3.8, 4) is 6.07 Å². The second kappa shape index (κ2) is 6.27. The molecule has 0 aliphatic carbocycles. The standard InChI is InChI=1S/C18H17FN2O/c19-16-3-1-2-15(8-16)18-9-17(22)12-21(18)11-14-6-4-13(10-20)5-7-14/h1-8,17-18,22H,9,11-12H2/t17-,18+/m0/s1. The summed E-state index contributed by atoms with van der Waals surface area (Å²) in [5.74, 6) is -0.253. The van der Waals surface area contributed by atoms with Crippen molar-refractivity contribution in [3.05, 3.63) is 71.0 Å². The van der Waals surface area contributed by atoms with Crippen LogP contribution in [0.2, 0.25) is 0 Å². The van der Waals surface area contributed by atoms with Crippen molar-refractivity contribution in [2.45, 2.75) is 25.1 Å². The predicted molar refractivity (Wildman–Crippen MR) is 81.3 cm³/mol. The minimum atomic E-state index is -0.397. The van der Waals surface area contributed by atoms with Crippen molar-refractivity contribution in [1.29, 1.82) is 5.26 Å². The predicted octanol–water partition coefficient (Wildman–Crippen LogP) is 3.01. The molecule has 0 amide bonds. The molecule has 0 aromatic heterocycles. The molecule has 1 saturated heterocycles. The van der Waals surface area contributed by atoms with E-state index >= 15 is 0 Å². The maximum atomic E-state index is 13.4. The van der Waals surface area contributed by atoms with Crippen molar-refractivity contribution in [2.75, 3.05) is 6.54 Å². The van der Waals surface area contributed by atoms with Gasteiger partial charge in [0, 0.05) is 19.1 Å². The summed E-state index contributed by atoms with van der Waals surface area (Å²) in [5, 5.41) is 18.8. The first-order valence-electron chi connectivity index (χ1n) is 7.32. The zero-order valence-corrected chi connectivity index (χ0v) is 12.1. The Labute approximate surface area is 129 Å². The number of nitriles is 1. The van der Waals surface area contributed by atoms with Crippen molar-refractivity contribution < 1.29 is 9.50 Å². The Bertz CT molecular complexity index is 693. The second-order valence-corrected chi connectivity index (χ2v) is 5.70. The number of halogens is 1. The molecule has 0 radical (unpaired) electrons. The van der Waals surface area contributed by atoms with E-state index in [0.29, 0.717) is 25.1 Å². The Morgan fingerprint density at radius 1 is 1.23 bits per heavy atom. The van der Waals surface area contributed by atoms with Crippen LogP contribution in [0.4, 0.5) is 4.39 Å². The van der Waals surface area contributed by atoms with Gasteiger partial charge in [-0.3, -0.25) is 4.90 Å². The van der Waals surface area contributed by atoms with Gasteiger partial charge >= 0.3 is 0 Å². The van der Waals surface area contributed by atoms with Gasteiger partial charge in [-0.25, -0.2) is 4.39 Å². The fourth-order valence-electron chi connectivity index (χ4n) is 3.03. The van der Waals surface area contributed by atoms with Gasteiger partial charge in [-0.1, -0.05) is 24.3 Å². The maximum absolute atomic E-state index is 13.4. The van der Waals surface area contributed by atoms with Gasteiger partial charge in [-0.05, 0) is 41.8 Å². The SMILES string of the molecule is N#Cc1ccc(CN2C[C@@H](O)C[C@@H]2c2cccc(F)c2)cc1. The lowest BCUT2D eigenvalue weighted by atomic mass is 10.0. The molecule has 1 aliphatic rings. The highest BCUT2D eigenvalue weighted by atomic mass is 19.1. The van der Waals surface area contributed by atoms with E-state index in [9.17, 15) is 9.50 Å². The van der Waals surface area contributed by atoms with E-state index in [0.717, 1.165) is 11.1 Å². The third-order valence-electron chi connectivity index (χ3n) is 4.08. The minimum absolute atomic E-state index is 0.0151. The summed E-state index contributed by atoms with van der Waals surface area (Å²) >= 11 is 0. The van der Waals surface area contributed by atoms with E-state index in [1.807, 2.05) is 18.2 Å². The minimum Gasteiger partial charge on any atom is -0.392 e. The Morgan fingerprint density at radius 3 is 2.68 bits per heavy atom. The molecule has 22 heavy (non-hydrogen) atoms. The van der Waals surface area contributed by atoms with Gasteiger partial charge in [0.15, 0.2) is 0 Å². The van der Waals surface area contributed by atoms with Gasteiger partial charge < -0.3 is 5.11 Å². The quantitative estimate of drug-likeness (QED) is 0.947. The van der Waals surface area contributed by atoms with Gasteiger partial charge in [0.25, 0.3) is 0 Å². The molecule has 2 aromatic rings. The molecule has 0 unspecified atom stereocenters. The highest BCUT2D eigenvalue weighted by Crippen LogP contribution is 2.33. The van der Waals surface area contributed by atoms with E-state index in [1.165, 1.54) is 12.1 Å². The fourth-order valence-corrected chi connectivity index (χ4v) is 3.03. The molecule has 2 aromatic carbocycles. The first-order chi connectivity index (χ1) is 10.7. The molecule has 1 aliphatic heterocycles. The van der Waals surface area contributed by atoms with E-state index in [1.54, 1.807) is 18.2 Å². The molecule has 112 valence electrons. The number of likely N-dealkylation sites (tertiary alicyclic amines) is 1. The van der Waals surface area contributed by atoms with Crippen LogP contribution in [0.15, 0.2) is 48.5 Å². The van der Waals surface area contributed by atoms with Crippen LogP contribution in [0.3, 0.4) is 0 Å². The molecule has 1 heterocycles. The number of β-amino-alcohol motifs (C(OH)–C–C–N with tert-alkyl or cyclic N) is 1. The molecule has 1 N–H and O–H groups in total. The van der Waals surface area contributed by atoms with Crippen LogP contribution in [0, 0.1) is 17.1 Å². The van der Waals surface area contributed by atoms with Crippen LogP contribution in [-0.2, 0) is 6.54 Å². The molecule has 0 bridgehead atoms. The third-order valence-corrected chi connectivity index (χ3v) is 4.08. The van der Waals surface area contributed by atoms with Crippen molar-refractivity contribution in [1.82, 2.24) is 4.90 Å². The van der Waals surface area contributed by atoms with Crippen molar-refractivity contribution in [2.24, 2.45) is 0 Å². The number of hydrogen-bond acceptors (Lipinski definition) is 3. The summed E-state index contributed by atoms with van der Waals surface area (Å²) in [6.07, 6.45) is 0.214. The van der Waals surface area contributed by atoms with Gasteiger partial charge in [-0.15, -0.1) is 0 Å². The monoisotopic (exact) mass is 296 g/mol. The summed E-state index contributed by atoms with van der Waals surface area (Å²) in [4.78, 5) is 2.15. The summed E-state index contributed by atoms with van der Waals surface area (Å²) < 4.78 is 13.4. The highest BCUT2D eigenvalue weighted by Gasteiger charge is 2.32. The van der Waals surface area contributed by atoms with E-state index in [-0.39, 0.29) is 11.9 Å². The number of aliphatic hydroxyl groups is 1. The third kappa shape index (κ3) is 3.16. The zero-order chi connectivity index (χ0) is 15.5.